The molecule has 10 heteroatoms. The third-order valence-corrected chi connectivity index (χ3v) is 6.39. The SMILES string of the molecule is COc1ccc(C2C3=C(CC(C)(C)CC3=O)Nc3nc(-c4ccc([N+](=O)[O-])cc4)nn32)cc1OC. The predicted molar refractivity (Wildman–Crippen MR) is 128 cm³/mol. The van der Waals surface area contributed by atoms with Gasteiger partial charge in [-0.15, -0.1) is 5.10 Å². The lowest BCUT2D eigenvalue weighted by molar-refractivity contribution is -0.384. The van der Waals surface area contributed by atoms with Crippen LogP contribution in [0.2, 0.25) is 0 Å². The maximum atomic E-state index is 13.4. The first-order chi connectivity index (χ1) is 16.7. The van der Waals surface area contributed by atoms with Crippen LogP contribution in [0.3, 0.4) is 0 Å². The fraction of sp³-hybridized carbons (Fsp3) is 0.320. The average molecular weight is 476 g/mol. The number of ether oxygens (including phenoxy) is 2. The van der Waals surface area contributed by atoms with Crippen molar-refractivity contribution in [3.8, 4) is 22.9 Å². The number of nitrogens with one attached hydrogen (secondary N) is 1. The van der Waals surface area contributed by atoms with Gasteiger partial charge in [-0.1, -0.05) is 19.9 Å². The number of hydrogen-bond donors (Lipinski definition) is 1. The van der Waals surface area contributed by atoms with E-state index in [1.165, 1.54) is 12.1 Å². The first-order valence-electron chi connectivity index (χ1n) is 11.2. The van der Waals surface area contributed by atoms with Gasteiger partial charge in [-0.05, 0) is 41.7 Å². The maximum absolute atomic E-state index is 13.4. The molecule has 0 radical (unpaired) electrons. The van der Waals surface area contributed by atoms with Crippen LogP contribution in [0.5, 0.6) is 11.5 Å². The topological polar surface area (TPSA) is 121 Å². The monoisotopic (exact) mass is 475 g/mol. The number of fused-ring (bicyclic) bond motifs is 1. The van der Waals surface area contributed by atoms with Crippen molar-refractivity contribution >= 4 is 17.4 Å². The number of rotatable bonds is 5. The quantitative estimate of drug-likeness (QED) is 0.422. The van der Waals surface area contributed by atoms with Crippen LogP contribution in [0.4, 0.5) is 11.6 Å². The van der Waals surface area contributed by atoms with E-state index in [0.29, 0.717) is 47.2 Å². The number of anilines is 1. The molecular formula is C25H25N5O5. The zero-order valence-corrected chi connectivity index (χ0v) is 19.9. The van der Waals surface area contributed by atoms with E-state index in [2.05, 4.69) is 24.1 Å². The lowest BCUT2D eigenvalue weighted by atomic mass is 9.73. The van der Waals surface area contributed by atoms with Gasteiger partial charge in [0, 0.05) is 35.4 Å². The zero-order chi connectivity index (χ0) is 24.9. The molecule has 0 spiro atoms. The van der Waals surface area contributed by atoms with Crippen molar-refractivity contribution in [2.45, 2.75) is 32.7 Å². The molecule has 2 heterocycles. The summed E-state index contributed by atoms with van der Waals surface area (Å²) in [5.74, 6) is 2.09. The summed E-state index contributed by atoms with van der Waals surface area (Å²) in [6, 6.07) is 11.1. The summed E-state index contributed by atoms with van der Waals surface area (Å²) in [4.78, 5) is 28.7. The summed E-state index contributed by atoms with van der Waals surface area (Å²) < 4.78 is 12.6. The van der Waals surface area contributed by atoms with Gasteiger partial charge in [-0.2, -0.15) is 4.98 Å². The van der Waals surface area contributed by atoms with Crippen LogP contribution in [0, 0.1) is 15.5 Å². The Morgan fingerprint density at radius 1 is 1.09 bits per heavy atom. The standard InChI is InChI=1S/C25H25N5O5/c1-25(2)12-17-21(18(31)13-25)22(15-7-10-19(34-3)20(11-15)35-4)29-24(26-17)27-23(28-29)14-5-8-16(9-6-14)30(32)33/h5-11,22H,12-13H2,1-4H3,(H,26,27,28). The molecule has 0 bridgehead atoms. The number of hydrogen-bond acceptors (Lipinski definition) is 8. The van der Waals surface area contributed by atoms with Crippen LogP contribution in [0.15, 0.2) is 53.7 Å². The van der Waals surface area contributed by atoms with Crippen LogP contribution < -0.4 is 14.8 Å². The summed E-state index contributed by atoms with van der Waals surface area (Å²) in [7, 11) is 3.14. The number of nitro benzene ring substituents is 1. The number of nitro groups is 1. The predicted octanol–water partition coefficient (Wildman–Crippen LogP) is 4.53. The number of non-ortho nitro benzene ring substituents is 1. The van der Waals surface area contributed by atoms with Gasteiger partial charge >= 0.3 is 0 Å². The lowest BCUT2D eigenvalue weighted by Crippen LogP contribution is -2.36. The third kappa shape index (κ3) is 3.90. The van der Waals surface area contributed by atoms with Crippen molar-refractivity contribution in [1.29, 1.82) is 0 Å². The Morgan fingerprint density at radius 3 is 2.46 bits per heavy atom. The number of nitrogens with zero attached hydrogens (tertiary/aromatic N) is 4. The number of allylic oxidation sites excluding steroid dienone is 2. The van der Waals surface area contributed by atoms with Crippen LogP contribution in [-0.2, 0) is 4.79 Å². The molecular weight excluding hydrogens is 450 g/mol. The van der Waals surface area contributed by atoms with E-state index < -0.39 is 11.0 Å². The fourth-order valence-corrected chi connectivity index (χ4v) is 4.79. The van der Waals surface area contributed by atoms with Crippen molar-refractivity contribution in [2.24, 2.45) is 5.41 Å². The Labute approximate surface area is 201 Å². The molecule has 1 aliphatic carbocycles. The maximum Gasteiger partial charge on any atom is 0.269 e. The number of Topliss-reactive ketones (excluding diaryl/α,β-unsaturated/α-hetero) is 1. The molecule has 0 saturated carbocycles. The summed E-state index contributed by atoms with van der Waals surface area (Å²) in [5, 5.41) is 19.1. The van der Waals surface area contributed by atoms with Gasteiger partial charge in [0.1, 0.15) is 6.04 Å². The van der Waals surface area contributed by atoms with E-state index in [1.807, 2.05) is 18.2 Å². The fourth-order valence-electron chi connectivity index (χ4n) is 4.79. The molecule has 1 N–H and O–H groups in total. The molecule has 35 heavy (non-hydrogen) atoms. The normalized spacial score (nSPS) is 18.4. The highest BCUT2D eigenvalue weighted by molar-refractivity contribution is 6.00. The van der Waals surface area contributed by atoms with E-state index >= 15 is 0 Å². The summed E-state index contributed by atoms with van der Waals surface area (Å²) in [5.41, 5.74) is 2.74. The van der Waals surface area contributed by atoms with Crippen molar-refractivity contribution in [3.63, 3.8) is 0 Å². The molecule has 10 nitrogen and oxygen atoms in total. The van der Waals surface area contributed by atoms with Crippen LogP contribution in [0.25, 0.3) is 11.4 Å². The first kappa shape index (κ1) is 22.6. The minimum Gasteiger partial charge on any atom is -0.493 e. The number of methoxy groups -OCH3 is 2. The Morgan fingerprint density at radius 2 is 1.80 bits per heavy atom. The zero-order valence-electron chi connectivity index (χ0n) is 19.9. The highest BCUT2D eigenvalue weighted by Crippen LogP contribution is 2.46. The molecule has 1 atom stereocenters. The molecule has 2 aromatic carbocycles. The van der Waals surface area contributed by atoms with E-state index in [1.54, 1.807) is 31.0 Å². The van der Waals surface area contributed by atoms with Crippen molar-refractivity contribution in [2.75, 3.05) is 19.5 Å². The first-order valence-corrected chi connectivity index (χ1v) is 11.2. The number of benzene rings is 2. The van der Waals surface area contributed by atoms with Crippen LogP contribution in [0.1, 0.15) is 38.3 Å². The highest BCUT2D eigenvalue weighted by atomic mass is 16.6. The van der Waals surface area contributed by atoms with Crippen LogP contribution >= 0.6 is 0 Å². The van der Waals surface area contributed by atoms with Crippen molar-refractivity contribution < 1.29 is 19.2 Å². The lowest BCUT2D eigenvalue weighted by Gasteiger charge is -2.38. The Balaban J connectivity index is 1.66. The Bertz CT molecular complexity index is 1370. The third-order valence-electron chi connectivity index (χ3n) is 6.39. The van der Waals surface area contributed by atoms with Gasteiger partial charge in [-0.25, -0.2) is 4.68 Å². The molecule has 1 aromatic heterocycles. The molecule has 180 valence electrons. The smallest absolute Gasteiger partial charge is 0.269 e. The number of carbonyl (C=O) groups is 1. The van der Waals surface area contributed by atoms with E-state index in [0.717, 1.165) is 11.3 Å². The summed E-state index contributed by atoms with van der Waals surface area (Å²) >= 11 is 0. The number of aromatic nitrogens is 3. The molecule has 5 rings (SSSR count). The average Bonchev–Trinajstić information content (AvgIpc) is 3.25. The molecule has 1 aliphatic heterocycles. The molecule has 0 saturated heterocycles. The Hall–Kier alpha value is -4.21. The van der Waals surface area contributed by atoms with Gasteiger partial charge in [-0.3, -0.25) is 14.9 Å². The molecule has 2 aliphatic rings. The molecule has 3 aromatic rings. The van der Waals surface area contributed by atoms with Gasteiger partial charge in [0.2, 0.25) is 5.95 Å². The summed E-state index contributed by atoms with van der Waals surface area (Å²) in [6.45, 7) is 4.15. The summed E-state index contributed by atoms with van der Waals surface area (Å²) in [6.07, 6.45) is 1.12. The van der Waals surface area contributed by atoms with E-state index in [4.69, 9.17) is 14.6 Å². The highest BCUT2D eigenvalue weighted by Gasteiger charge is 2.42. The minimum absolute atomic E-state index is 0.0102. The number of ketones is 1. The van der Waals surface area contributed by atoms with Gasteiger partial charge in [0.05, 0.1) is 19.1 Å². The molecule has 0 amide bonds. The van der Waals surface area contributed by atoms with Gasteiger partial charge in [0.15, 0.2) is 23.1 Å². The van der Waals surface area contributed by atoms with Crippen LogP contribution in [-0.4, -0.2) is 39.7 Å². The van der Waals surface area contributed by atoms with E-state index in [9.17, 15) is 14.9 Å². The van der Waals surface area contributed by atoms with Crippen molar-refractivity contribution in [3.05, 3.63) is 69.4 Å². The Kier molecular flexibility index (Phi) is 5.31. The largest absolute Gasteiger partial charge is 0.493 e. The second kappa shape index (κ2) is 8.23. The molecule has 1 unspecified atom stereocenters. The van der Waals surface area contributed by atoms with Gasteiger partial charge < -0.3 is 14.8 Å². The van der Waals surface area contributed by atoms with Crippen molar-refractivity contribution in [1.82, 2.24) is 14.8 Å². The minimum atomic E-state index is -0.510. The second-order valence-electron chi connectivity index (χ2n) is 9.48. The molecule has 0 fully saturated rings. The second-order valence-corrected chi connectivity index (χ2v) is 9.48. The number of carbonyl (C=O) groups excluding carboxylic acids is 1. The van der Waals surface area contributed by atoms with E-state index in [-0.39, 0.29) is 16.9 Å². The van der Waals surface area contributed by atoms with Gasteiger partial charge in [0.25, 0.3) is 5.69 Å².